The van der Waals surface area contributed by atoms with Crippen molar-refractivity contribution < 1.29 is 4.79 Å². The molecule has 2 heterocycles. The molecule has 104 valence electrons. The van der Waals surface area contributed by atoms with Gasteiger partial charge in [0.1, 0.15) is 0 Å². The molecule has 2 aromatic rings. The first-order valence-electron chi connectivity index (χ1n) is 6.68. The second-order valence-corrected chi connectivity index (χ2v) is 5.58. The summed E-state index contributed by atoms with van der Waals surface area (Å²) in [4.78, 5) is 13.5. The van der Waals surface area contributed by atoms with E-state index in [-0.39, 0.29) is 6.03 Å². The molecule has 0 aliphatic carbocycles. The maximum atomic E-state index is 11.6. The first kappa shape index (κ1) is 13.0. The average Bonchev–Trinajstić information content (AvgIpc) is 3.11. The van der Waals surface area contributed by atoms with Crippen LogP contribution in [-0.4, -0.2) is 24.0 Å². The number of nitrogens with one attached hydrogen (secondary N) is 2. The largest absolute Gasteiger partial charge is 0.381 e. The van der Waals surface area contributed by atoms with E-state index in [1.54, 1.807) is 11.3 Å². The van der Waals surface area contributed by atoms with Crippen molar-refractivity contribution in [3.05, 3.63) is 52.2 Å². The molecule has 4 nitrogen and oxygen atoms in total. The van der Waals surface area contributed by atoms with Gasteiger partial charge in [0.2, 0.25) is 0 Å². The Morgan fingerprint density at radius 2 is 2.20 bits per heavy atom. The third-order valence-electron chi connectivity index (χ3n) is 3.39. The fraction of sp³-hybridized carbons (Fsp3) is 0.267. The molecule has 1 aromatic carbocycles. The number of urea groups is 1. The highest BCUT2D eigenvalue weighted by atomic mass is 32.1. The topological polar surface area (TPSA) is 44.4 Å². The molecule has 1 aromatic heterocycles. The molecule has 1 aliphatic heterocycles. The van der Waals surface area contributed by atoms with E-state index >= 15 is 0 Å². The zero-order valence-electron chi connectivity index (χ0n) is 11.1. The van der Waals surface area contributed by atoms with Gasteiger partial charge < -0.3 is 15.5 Å². The summed E-state index contributed by atoms with van der Waals surface area (Å²) < 4.78 is 0. The van der Waals surface area contributed by atoms with Crippen molar-refractivity contribution in [2.75, 3.05) is 18.4 Å². The van der Waals surface area contributed by atoms with E-state index in [1.807, 2.05) is 17.0 Å². The second kappa shape index (κ2) is 5.96. The van der Waals surface area contributed by atoms with E-state index in [9.17, 15) is 4.79 Å². The van der Waals surface area contributed by atoms with Gasteiger partial charge in [0.25, 0.3) is 0 Å². The third kappa shape index (κ3) is 2.93. The van der Waals surface area contributed by atoms with Crippen LogP contribution in [0.2, 0.25) is 0 Å². The van der Waals surface area contributed by atoms with Gasteiger partial charge in [-0.15, -0.1) is 0 Å². The van der Waals surface area contributed by atoms with Gasteiger partial charge in [-0.3, -0.25) is 0 Å². The van der Waals surface area contributed by atoms with Crippen LogP contribution in [0.4, 0.5) is 10.5 Å². The predicted octanol–water partition coefficient (Wildman–Crippen LogP) is 2.89. The number of benzene rings is 1. The molecule has 0 saturated carbocycles. The molecular weight excluding hydrogens is 270 g/mol. The van der Waals surface area contributed by atoms with E-state index in [1.165, 1.54) is 5.56 Å². The molecule has 0 unspecified atom stereocenters. The molecule has 0 bridgehead atoms. The van der Waals surface area contributed by atoms with Gasteiger partial charge in [0.15, 0.2) is 0 Å². The zero-order valence-corrected chi connectivity index (χ0v) is 12.0. The summed E-state index contributed by atoms with van der Waals surface area (Å²) in [6.07, 6.45) is 0. The number of nitrogens with zero attached hydrogens (tertiary/aromatic N) is 1. The van der Waals surface area contributed by atoms with Crippen LogP contribution in [0, 0.1) is 0 Å². The van der Waals surface area contributed by atoms with Gasteiger partial charge in [0, 0.05) is 31.9 Å². The van der Waals surface area contributed by atoms with E-state index in [0.29, 0.717) is 6.54 Å². The van der Waals surface area contributed by atoms with Crippen LogP contribution in [-0.2, 0) is 13.1 Å². The number of rotatable bonds is 5. The Morgan fingerprint density at radius 1 is 1.30 bits per heavy atom. The molecule has 1 aliphatic rings. The highest BCUT2D eigenvalue weighted by Crippen LogP contribution is 2.19. The summed E-state index contributed by atoms with van der Waals surface area (Å²) >= 11 is 1.70. The van der Waals surface area contributed by atoms with Crippen LogP contribution >= 0.6 is 11.3 Å². The van der Waals surface area contributed by atoms with E-state index < -0.39 is 0 Å². The minimum absolute atomic E-state index is 0.0256. The number of carbonyl (C=O) groups excluding carboxylic acids is 1. The SMILES string of the molecule is O=C1NCCN1Cc1ccccc1NCc1ccsc1. The number of amides is 2. The summed E-state index contributed by atoms with van der Waals surface area (Å²) in [7, 11) is 0. The molecule has 2 amide bonds. The average molecular weight is 287 g/mol. The number of thiophene rings is 1. The molecule has 1 fully saturated rings. The Bertz CT molecular complexity index is 583. The normalized spacial score (nSPS) is 14.4. The number of carbonyl (C=O) groups is 1. The summed E-state index contributed by atoms with van der Waals surface area (Å²) in [6, 6.07) is 10.3. The summed E-state index contributed by atoms with van der Waals surface area (Å²) in [5.41, 5.74) is 3.53. The second-order valence-electron chi connectivity index (χ2n) is 4.80. The van der Waals surface area contributed by atoms with Gasteiger partial charge in [-0.05, 0) is 34.0 Å². The maximum absolute atomic E-state index is 11.6. The molecule has 3 rings (SSSR count). The number of hydrogen-bond acceptors (Lipinski definition) is 3. The van der Waals surface area contributed by atoms with Crippen molar-refractivity contribution >= 4 is 23.1 Å². The Balaban J connectivity index is 1.69. The molecule has 2 N–H and O–H groups in total. The number of para-hydroxylation sites is 1. The monoisotopic (exact) mass is 287 g/mol. The lowest BCUT2D eigenvalue weighted by atomic mass is 10.1. The molecule has 0 atom stereocenters. The van der Waals surface area contributed by atoms with Crippen molar-refractivity contribution in [1.82, 2.24) is 10.2 Å². The molecule has 20 heavy (non-hydrogen) atoms. The molecule has 1 saturated heterocycles. The van der Waals surface area contributed by atoms with Crippen LogP contribution in [0.1, 0.15) is 11.1 Å². The number of anilines is 1. The highest BCUT2D eigenvalue weighted by molar-refractivity contribution is 7.07. The summed E-state index contributed by atoms with van der Waals surface area (Å²) in [5.74, 6) is 0. The van der Waals surface area contributed by atoms with Gasteiger partial charge in [-0.1, -0.05) is 18.2 Å². The maximum Gasteiger partial charge on any atom is 0.317 e. The van der Waals surface area contributed by atoms with E-state index in [4.69, 9.17) is 0 Å². The van der Waals surface area contributed by atoms with E-state index in [2.05, 4.69) is 39.6 Å². The van der Waals surface area contributed by atoms with Crippen LogP contribution in [0.3, 0.4) is 0 Å². The Hall–Kier alpha value is -2.01. The van der Waals surface area contributed by atoms with Crippen molar-refractivity contribution in [3.8, 4) is 0 Å². The number of hydrogen-bond donors (Lipinski definition) is 2. The Morgan fingerprint density at radius 3 is 2.95 bits per heavy atom. The van der Waals surface area contributed by atoms with Crippen molar-refractivity contribution in [2.24, 2.45) is 0 Å². The quantitative estimate of drug-likeness (QED) is 0.888. The minimum atomic E-state index is 0.0256. The van der Waals surface area contributed by atoms with Gasteiger partial charge in [-0.2, -0.15) is 11.3 Å². The van der Waals surface area contributed by atoms with Crippen LogP contribution in [0.5, 0.6) is 0 Å². The lowest BCUT2D eigenvalue weighted by molar-refractivity contribution is 0.215. The van der Waals surface area contributed by atoms with Crippen LogP contribution < -0.4 is 10.6 Å². The Kier molecular flexibility index (Phi) is 3.87. The fourth-order valence-corrected chi connectivity index (χ4v) is 2.96. The van der Waals surface area contributed by atoms with Crippen molar-refractivity contribution in [2.45, 2.75) is 13.1 Å². The first-order valence-corrected chi connectivity index (χ1v) is 7.63. The first-order chi connectivity index (χ1) is 9.83. The molecular formula is C15H17N3OS. The zero-order chi connectivity index (χ0) is 13.8. The van der Waals surface area contributed by atoms with Crippen molar-refractivity contribution in [3.63, 3.8) is 0 Å². The van der Waals surface area contributed by atoms with E-state index in [0.717, 1.165) is 30.9 Å². The van der Waals surface area contributed by atoms with Crippen LogP contribution in [0.15, 0.2) is 41.1 Å². The van der Waals surface area contributed by atoms with Gasteiger partial charge >= 0.3 is 6.03 Å². The highest BCUT2D eigenvalue weighted by Gasteiger charge is 2.20. The van der Waals surface area contributed by atoms with Gasteiger partial charge in [0.05, 0.1) is 0 Å². The molecule has 0 spiro atoms. The lowest BCUT2D eigenvalue weighted by Crippen LogP contribution is -2.27. The minimum Gasteiger partial charge on any atom is -0.381 e. The molecule has 0 radical (unpaired) electrons. The molecule has 5 heteroatoms. The Labute approximate surface area is 122 Å². The van der Waals surface area contributed by atoms with Crippen molar-refractivity contribution in [1.29, 1.82) is 0 Å². The third-order valence-corrected chi connectivity index (χ3v) is 4.12. The summed E-state index contributed by atoms with van der Waals surface area (Å²) in [6.45, 7) is 2.98. The van der Waals surface area contributed by atoms with Gasteiger partial charge in [-0.25, -0.2) is 4.79 Å². The standard InChI is InChI=1S/C15H17N3OS/c19-15-16-6-7-18(15)10-13-3-1-2-4-14(13)17-9-12-5-8-20-11-12/h1-5,8,11,17H,6-7,9-10H2,(H,16,19). The fourth-order valence-electron chi connectivity index (χ4n) is 2.29. The smallest absolute Gasteiger partial charge is 0.317 e. The summed E-state index contributed by atoms with van der Waals surface area (Å²) in [5, 5.41) is 10.5. The lowest BCUT2D eigenvalue weighted by Gasteiger charge is -2.17. The van der Waals surface area contributed by atoms with Crippen LogP contribution in [0.25, 0.3) is 0 Å². The predicted molar refractivity (Wildman–Crippen MR) is 81.9 cm³/mol.